The Labute approximate surface area is 101 Å². The molecule has 0 aromatic carbocycles. The Morgan fingerprint density at radius 2 is 1.75 bits per heavy atom. The molecule has 1 aliphatic carbocycles. The Morgan fingerprint density at radius 1 is 1.19 bits per heavy atom. The highest BCUT2D eigenvalue weighted by molar-refractivity contribution is 5.01. The molecule has 1 rings (SSSR count). The molecule has 0 aromatic heterocycles. The zero-order valence-electron chi connectivity index (χ0n) is 11.4. The summed E-state index contributed by atoms with van der Waals surface area (Å²) in [5.41, 5.74) is 0.0235. The van der Waals surface area contributed by atoms with Crippen molar-refractivity contribution in [3.05, 3.63) is 0 Å². The summed E-state index contributed by atoms with van der Waals surface area (Å²) in [7, 11) is 0. The van der Waals surface area contributed by atoms with Gasteiger partial charge in [-0.1, -0.05) is 27.7 Å². The molecule has 0 spiro atoms. The predicted molar refractivity (Wildman–Crippen MR) is 68.9 cm³/mol. The van der Waals surface area contributed by atoms with E-state index in [4.69, 9.17) is 0 Å². The standard InChI is InChI=1S/C15H27N/c1-12(2)5-8-15(11-16)9-6-14(7-10-15)13(3)4/h12-14H,5-10H2,1-4H3. The second kappa shape index (κ2) is 5.71. The lowest BCUT2D eigenvalue weighted by atomic mass is 9.66. The maximum Gasteiger partial charge on any atom is 0.0689 e. The van der Waals surface area contributed by atoms with Gasteiger partial charge in [0.05, 0.1) is 11.5 Å². The molecule has 1 fully saturated rings. The van der Waals surface area contributed by atoms with Gasteiger partial charge in [0.1, 0.15) is 0 Å². The summed E-state index contributed by atoms with van der Waals surface area (Å²) in [4.78, 5) is 0. The maximum atomic E-state index is 9.43. The van der Waals surface area contributed by atoms with E-state index in [-0.39, 0.29) is 5.41 Å². The van der Waals surface area contributed by atoms with E-state index in [9.17, 15) is 5.26 Å². The molecule has 0 N–H and O–H groups in total. The van der Waals surface area contributed by atoms with E-state index in [1.165, 1.54) is 19.3 Å². The Hall–Kier alpha value is -0.510. The van der Waals surface area contributed by atoms with E-state index in [1.54, 1.807) is 0 Å². The first-order chi connectivity index (χ1) is 7.49. The van der Waals surface area contributed by atoms with Crippen molar-refractivity contribution < 1.29 is 0 Å². The molecule has 0 radical (unpaired) electrons. The summed E-state index contributed by atoms with van der Waals surface area (Å²) in [6.07, 6.45) is 7.14. The van der Waals surface area contributed by atoms with Gasteiger partial charge in [-0.3, -0.25) is 0 Å². The second-order valence-corrected chi connectivity index (χ2v) is 6.41. The number of nitrogens with zero attached hydrogens (tertiary/aromatic N) is 1. The third-order valence-corrected chi connectivity index (χ3v) is 4.37. The molecule has 0 unspecified atom stereocenters. The van der Waals surface area contributed by atoms with Crippen molar-refractivity contribution >= 4 is 0 Å². The average molecular weight is 221 g/mol. The third-order valence-electron chi connectivity index (χ3n) is 4.37. The molecule has 0 bridgehead atoms. The SMILES string of the molecule is CC(C)CCC1(C#N)CCC(C(C)C)CC1. The number of nitriles is 1. The lowest BCUT2D eigenvalue weighted by Crippen LogP contribution is -2.28. The molecule has 0 amide bonds. The molecule has 0 aliphatic heterocycles. The molecule has 0 atom stereocenters. The van der Waals surface area contributed by atoms with Gasteiger partial charge in [-0.05, 0) is 56.3 Å². The van der Waals surface area contributed by atoms with Crippen LogP contribution < -0.4 is 0 Å². The van der Waals surface area contributed by atoms with Crippen LogP contribution in [0, 0.1) is 34.5 Å². The van der Waals surface area contributed by atoms with Crippen molar-refractivity contribution in [3.8, 4) is 6.07 Å². The van der Waals surface area contributed by atoms with Gasteiger partial charge < -0.3 is 0 Å². The summed E-state index contributed by atoms with van der Waals surface area (Å²) in [6, 6.07) is 2.63. The van der Waals surface area contributed by atoms with Gasteiger partial charge in [-0.15, -0.1) is 0 Å². The van der Waals surface area contributed by atoms with Crippen LogP contribution in [0.4, 0.5) is 0 Å². The summed E-state index contributed by atoms with van der Waals surface area (Å²) >= 11 is 0. The Bertz CT molecular complexity index is 239. The van der Waals surface area contributed by atoms with Crippen molar-refractivity contribution in [2.75, 3.05) is 0 Å². The van der Waals surface area contributed by atoms with Gasteiger partial charge in [-0.25, -0.2) is 0 Å². The minimum atomic E-state index is 0.0235. The molecular weight excluding hydrogens is 194 g/mol. The molecule has 0 aromatic rings. The molecule has 1 nitrogen and oxygen atoms in total. The van der Waals surface area contributed by atoms with Gasteiger partial charge in [0.25, 0.3) is 0 Å². The van der Waals surface area contributed by atoms with Crippen molar-refractivity contribution in [2.45, 2.75) is 66.2 Å². The fourth-order valence-electron chi connectivity index (χ4n) is 2.84. The quantitative estimate of drug-likeness (QED) is 0.670. The molecule has 92 valence electrons. The Kier molecular flexibility index (Phi) is 4.84. The minimum absolute atomic E-state index is 0.0235. The smallest absolute Gasteiger partial charge is 0.0689 e. The van der Waals surface area contributed by atoms with Crippen LogP contribution in [-0.2, 0) is 0 Å². The van der Waals surface area contributed by atoms with Crippen molar-refractivity contribution in [3.63, 3.8) is 0 Å². The van der Waals surface area contributed by atoms with Crippen molar-refractivity contribution in [2.24, 2.45) is 23.2 Å². The van der Waals surface area contributed by atoms with Crippen LogP contribution in [0.15, 0.2) is 0 Å². The largest absolute Gasteiger partial charge is 0.198 e. The van der Waals surface area contributed by atoms with Crippen LogP contribution >= 0.6 is 0 Å². The first-order valence-corrected chi connectivity index (χ1v) is 6.90. The van der Waals surface area contributed by atoms with Crippen LogP contribution in [-0.4, -0.2) is 0 Å². The molecule has 0 heterocycles. The summed E-state index contributed by atoms with van der Waals surface area (Å²) < 4.78 is 0. The van der Waals surface area contributed by atoms with Crippen molar-refractivity contribution in [1.82, 2.24) is 0 Å². The zero-order valence-corrected chi connectivity index (χ0v) is 11.4. The second-order valence-electron chi connectivity index (χ2n) is 6.41. The third kappa shape index (κ3) is 3.51. The molecule has 1 heteroatoms. The van der Waals surface area contributed by atoms with E-state index in [0.717, 1.165) is 37.0 Å². The van der Waals surface area contributed by atoms with Crippen LogP contribution in [0.25, 0.3) is 0 Å². The van der Waals surface area contributed by atoms with Gasteiger partial charge >= 0.3 is 0 Å². The van der Waals surface area contributed by atoms with E-state index >= 15 is 0 Å². The van der Waals surface area contributed by atoms with Crippen LogP contribution in [0.2, 0.25) is 0 Å². The summed E-state index contributed by atoms with van der Waals surface area (Å²) in [6.45, 7) is 9.14. The number of hydrogen-bond acceptors (Lipinski definition) is 1. The highest BCUT2D eigenvalue weighted by Gasteiger charge is 2.35. The van der Waals surface area contributed by atoms with Crippen LogP contribution in [0.5, 0.6) is 0 Å². The fourth-order valence-corrected chi connectivity index (χ4v) is 2.84. The van der Waals surface area contributed by atoms with Crippen LogP contribution in [0.3, 0.4) is 0 Å². The first-order valence-electron chi connectivity index (χ1n) is 6.90. The van der Waals surface area contributed by atoms with E-state index in [2.05, 4.69) is 33.8 Å². The highest BCUT2D eigenvalue weighted by Crippen LogP contribution is 2.44. The Morgan fingerprint density at radius 3 is 2.12 bits per heavy atom. The topological polar surface area (TPSA) is 23.8 Å². The summed E-state index contributed by atoms with van der Waals surface area (Å²) in [5, 5.41) is 9.43. The first kappa shape index (κ1) is 13.6. The fraction of sp³-hybridized carbons (Fsp3) is 0.933. The van der Waals surface area contributed by atoms with Crippen LogP contribution in [0.1, 0.15) is 66.2 Å². The zero-order chi connectivity index (χ0) is 12.2. The van der Waals surface area contributed by atoms with Gasteiger partial charge in [0.15, 0.2) is 0 Å². The number of rotatable bonds is 4. The highest BCUT2D eigenvalue weighted by atomic mass is 14.4. The van der Waals surface area contributed by atoms with Gasteiger partial charge in [0.2, 0.25) is 0 Å². The molecular formula is C15H27N. The normalized spacial score (nSPS) is 30.7. The van der Waals surface area contributed by atoms with E-state index < -0.39 is 0 Å². The predicted octanol–water partition coefficient (Wildman–Crippen LogP) is 4.78. The molecule has 16 heavy (non-hydrogen) atoms. The lowest BCUT2D eigenvalue weighted by molar-refractivity contribution is 0.159. The van der Waals surface area contributed by atoms with Gasteiger partial charge in [0, 0.05) is 0 Å². The average Bonchev–Trinajstić information content (AvgIpc) is 2.27. The van der Waals surface area contributed by atoms with E-state index in [1.807, 2.05) is 0 Å². The van der Waals surface area contributed by atoms with Crippen molar-refractivity contribution in [1.29, 1.82) is 5.26 Å². The summed E-state index contributed by atoms with van der Waals surface area (Å²) in [5.74, 6) is 2.38. The monoisotopic (exact) mass is 221 g/mol. The molecule has 1 aliphatic rings. The van der Waals surface area contributed by atoms with Gasteiger partial charge in [-0.2, -0.15) is 5.26 Å². The number of hydrogen-bond donors (Lipinski definition) is 0. The van der Waals surface area contributed by atoms with E-state index in [0.29, 0.717) is 0 Å². The minimum Gasteiger partial charge on any atom is -0.198 e. The Balaban J connectivity index is 2.49. The molecule has 0 saturated heterocycles. The lowest BCUT2D eigenvalue weighted by Gasteiger charge is -2.37. The molecule has 1 saturated carbocycles. The maximum absolute atomic E-state index is 9.43.